The quantitative estimate of drug-likeness (QED) is 0.825. The molecule has 1 aliphatic rings. The van der Waals surface area contributed by atoms with Crippen LogP contribution in [0, 0.1) is 0 Å². The molecule has 1 atom stereocenters. The predicted octanol–water partition coefficient (Wildman–Crippen LogP) is 3.63. The molecule has 0 spiro atoms. The van der Waals surface area contributed by atoms with Gasteiger partial charge in [-0.1, -0.05) is 23.7 Å². The summed E-state index contributed by atoms with van der Waals surface area (Å²) in [5.74, 6) is 2.65. The van der Waals surface area contributed by atoms with Crippen LogP contribution in [0.15, 0.2) is 28.8 Å². The maximum absolute atomic E-state index is 9.39. The molecule has 0 radical (unpaired) electrons. The number of aryl methyl sites for hydroxylation is 1. The van der Waals surface area contributed by atoms with Crippen LogP contribution in [0.25, 0.3) is 0 Å². The number of phenolic OH excluding ortho intramolecular Hbond substituents is 1. The lowest BCUT2D eigenvalue weighted by molar-refractivity contribution is 0.117. The van der Waals surface area contributed by atoms with E-state index in [-0.39, 0.29) is 0 Å². The molecule has 0 aliphatic carbocycles. The minimum absolute atomic E-state index is 0.329. The predicted molar refractivity (Wildman–Crippen MR) is 96.0 cm³/mol. The van der Waals surface area contributed by atoms with E-state index in [1.54, 1.807) is 23.9 Å². The number of thioether (sulfide) groups is 1. The van der Waals surface area contributed by atoms with E-state index in [1.165, 1.54) is 24.8 Å². The second kappa shape index (κ2) is 8.53. The molecule has 1 aliphatic heterocycles. The smallest absolute Gasteiger partial charge is 0.240 e. The Morgan fingerprint density at radius 1 is 1.29 bits per heavy atom. The highest BCUT2D eigenvalue weighted by atomic mass is 32.2. The Bertz CT molecular complexity index is 629. The van der Waals surface area contributed by atoms with Crippen LogP contribution in [0.1, 0.15) is 43.0 Å². The monoisotopic (exact) mass is 347 g/mol. The molecule has 1 aromatic carbocycles. The van der Waals surface area contributed by atoms with Crippen LogP contribution in [0.4, 0.5) is 0 Å². The maximum atomic E-state index is 9.39. The fourth-order valence-corrected chi connectivity index (χ4v) is 3.68. The van der Waals surface area contributed by atoms with Crippen molar-refractivity contribution < 1.29 is 9.63 Å². The molecule has 0 unspecified atom stereocenters. The first-order valence-corrected chi connectivity index (χ1v) is 9.96. The van der Waals surface area contributed by atoms with Gasteiger partial charge in [0.2, 0.25) is 5.89 Å². The number of hydrogen-bond donors (Lipinski definition) is 1. The summed E-state index contributed by atoms with van der Waals surface area (Å²) in [4.78, 5) is 6.97. The first-order valence-electron chi connectivity index (χ1n) is 8.57. The summed E-state index contributed by atoms with van der Waals surface area (Å²) < 4.78 is 5.40. The number of likely N-dealkylation sites (tertiary alicyclic amines) is 1. The summed E-state index contributed by atoms with van der Waals surface area (Å²) in [6.07, 6.45) is 7.95. The van der Waals surface area contributed by atoms with Gasteiger partial charge in [0, 0.05) is 6.04 Å². The number of benzene rings is 1. The molecule has 0 amide bonds. The number of nitrogens with zero attached hydrogens (tertiary/aromatic N) is 3. The van der Waals surface area contributed by atoms with Crippen LogP contribution in [-0.2, 0) is 18.7 Å². The lowest BCUT2D eigenvalue weighted by atomic mass is 9.96. The third kappa shape index (κ3) is 4.74. The zero-order valence-corrected chi connectivity index (χ0v) is 15.0. The van der Waals surface area contributed by atoms with Gasteiger partial charge in [0.1, 0.15) is 5.75 Å². The van der Waals surface area contributed by atoms with Gasteiger partial charge in [0.25, 0.3) is 0 Å². The largest absolute Gasteiger partial charge is 0.508 e. The molecule has 2 heterocycles. The zero-order chi connectivity index (χ0) is 16.8. The van der Waals surface area contributed by atoms with E-state index < -0.39 is 0 Å². The Morgan fingerprint density at radius 3 is 2.92 bits per heavy atom. The van der Waals surface area contributed by atoms with Crippen molar-refractivity contribution >= 4 is 11.8 Å². The summed E-state index contributed by atoms with van der Waals surface area (Å²) in [6, 6.07) is 8.10. The number of aromatic nitrogens is 2. The molecule has 3 rings (SSSR count). The Morgan fingerprint density at radius 2 is 2.12 bits per heavy atom. The fourth-order valence-electron chi connectivity index (χ4n) is 3.31. The molecular weight excluding hydrogens is 322 g/mol. The molecule has 2 aromatic rings. The average Bonchev–Trinajstić information content (AvgIpc) is 3.03. The molecule has 1 N–H and O–H groups in total. The summed E-state index contributed by atoms with van der Waals surface area (Å²) in [5.41, 5.74) is 1.28. The first-order chi connectivity index (χ1) is 11.7. The molecule has 24 heavy (non-hydrogen) atoms. The second-order valence-corrected chi connectivity index (χ2v) is 7.23. The second-order valence-electron chi connectivity index (χ2n) is 6.36. The van der Waals surface area contributed by atoms with E-state index in [0.29, 0.717) is 11.8 Å². The van der Waals surface area contributed by atoms with Gasteiger partial charge in [0.15, 0.2) is 5.82 Å². The van der Waals surface area contributed by atoms with Gasteiger partial charge in [-0.15, -0.1) is 0 Å². The van der Waals surface area contributed by atoms with Gasteiger partial charge in [-0.2, -0.15) is 16.7 Å². The van der Waals surface area contributed by atoms with Crippen molar-refractivity contribution in [2.24, 2.45) is 0 Å². The molecule has 1 aromatic heterocycles. The van der Waals surface area contributed by atoms with Crippen molar-refractivity contribution in [1.82, 2.24) is 15.0 Å². The third-order valence-electron chi connectivity index (χ3n) is 4.57. The van der Waals surface area contributed by atoms with E-state index in [1.807, 2.05) is 18.4 Å². The molecule has 5 nitrogen and oxygen atoms in total. The van der Waals surface area contributed by atoms with Gasteiger partial charge in [-0.05, 0) is 56.2 Å². The van der Waals surface area contributed by atoms with Gasteiger partial charge < -0.3 is 9.63 Å². The van der Waals surface area contributed by atoms with Crippen molar-refractivity contribution in [3.8, 4) is 5.75 Å². The fraction of sp³-hybridized carbons (Fsp3) is 0.556. The van der Waals surface area contributed by atoms with E-state index in [4.69, 9.17) is 4.52 Å². The Kier molecular flexibility index (Phi) is 6.15. The standard InChI is InChI=1S/C18H25N3O2S/c1-24-13-17-19-18(23-20-17)12-21-11-3-2-4-15(21)8-5-14-6-9-16(22)10-7-14/h6-7,9-10,15,22H,2-5,8,11-13H2,1H3/t15-/m1/s1. The van der Waals surface area contributed by atoms with E-state index in [9.17, 15) is 5.11 Å². The molecule has 6 heteroatoms. The lowest BCUT2D eigenvalue weighted by Gasteiger charge is -2.34. The molecule has 1 saturated heterocycles. The average molecular weight is 347 g/mol. The van der Waals surface area contributed by atoms with Crippen molar-refractivity contribution in [3.05, 3.63) is 41.5 Å². The Labute approximate surface area is 147 Å². The van der Waals surface area contributed by atoms with Crippen LogP contribution in [0.2, 0.25) is 0 Å². The van der Waals surface area contributed by atoms with Gasteiger partial charge in [-0.3, -0.25) is 4.90 Å². The van der Waals surface area contributed by atoms with Crippen molar-refractivity contribution in [1.29, 1.82) is 0 Å². The topological polar surface area (TPSA) is 62.4 Å². The van der Waals surface area contributed by atoms with Gasteiger partial charge in [0.05, 0.1) is 12.3 Å². The van der Waals surface area contributed by atoms with Crippen molar-refractivity contribution in [2.75, 3.05) is 12.8 Å². The molecular formula is C18H25N3O2S. The first kappa shape index (κ1) is 17.3. The van der Waals surface area contributed by atoms with Crippen molar-refractivity contribution in [2.45, 2.75) is 50.4 Å². The number of rotatable bonds is 7. The number of phenols is 1. The van der Waals surface area contributed by atoms with Gasteiger partial charge >= 0.3 is 0 Å². The summed E-state index contributed by atoms with van der Waals surface area (Å²) in [6.45, 7) is 1.85. The van der Waals surface area contributed by atoms with Crippen LogP contribution in [0.3, 0.4) is 0 Å². The molecule has 130 valence electrons. The van der Waals surface area contributed by atoms with Crippen LogP contribution >= 0.6 is 11.8 Å². The lowest BCUT2D eigenvalue weighted by Crippen LogP contribution is -2.39. The third-order valence-corrected chi connectivity index (χ3v) is 5.12. The van der Waals surface area contributed by atoms with Crippen LogP contribution < -0.4 is 0 Å². The maximum Gasteiger partial charge on any atom is 0.240 e. The minimum Gasteiger partial charge on any atom is -0.508 e. The highest BCUT2D eigenvalue weighted by Gasteiger charge is 2.24. The molecule has 1 fully saturated rings. The zero-order valence-electron chi connectivity index (χ0n) is 14.1. The highest BCUT2D eigenvalue weighted by molar-refractivity contribution is 7.97. The summed E-state index contributed by atoms with van der Waals surface area (Å²) in [5, 5.41) is 13.4. The highest BCUT2D eigenvalue weighted by Crippen LogP contribution is 2.23. The number of piperidine rings is 1. The van der Waals surface area contributed by atoms with E-state index in [0.717, 1.165) is 43.4 Å². The normalized spacial score (nSPS) is 18.8. The van der Waals surface area contributed by atoms with E-state index in [2.05, 4.69) is 15.0 Å². The number of hydrogen-bond acceptors (Lipinski definition) is 6. The summed E-state index contributed by atoms with van der Waals surface area (Å²) >= 11 is 1.70. The van der Waals surface area contributed by atoms with Crippen LogP contribution in [0.5, 0.6) is 5.75 Å². The minimum atomic E-state index is 0.329. The number of aromatic hydroxyl groups is 1. The van der Waals surface area contributed by atoms with E-state index >= 15 is 0 Å². The molecule has 0 bridgehead atoms. The van der Waals surface area contributed by atoms with Crippen LogP contribution in [-0.4, -0.2) is 39.0 Å². The summed E-state index contributed by atoms with van der Waals surface area (Å²) in [7, 11) is 0. The SMILES string of the molecule is CSCc1noc(CN2CCCC[C@@H]2CCc2ccc(O)cc2)n1. The van der Waals surface area contributed by atoms with Gasteiger partial charge in [-0.25, -0.2) is 0 Å². The molecule has 0 saturated carbocycles. The Hall–Kier alpha value is -1.53. The van der Waals surface area contributed by atoms with Crippen molar-refractivity contribution in [3.63, 3.8) is 0 Å². The Balaban J connectivity index is 1.57.